The van der Waals surface area contributed by atoms with E-state index in [2.05, 4.69) is 17.2 Å². The average molecular weight is 227 g/mol. The third-order valence-electron chi connectivity index (χ3n) is 1.89. The van der Waals surface area contributed by atoms with Crippen molar-refractivity contribution >= 4 is 11.8 Å². The van der Waals surface area contributed by atoms with Gasteiger partial charge >= 0.3 is 0 Å². The molecule has 0 atom stereocenters. The first-order chi connectivity index (χ1) is 7.56. The van der Waals surface area contributed by atoms with Gasteiger partial charge in [-0.1, -0.05) is 13.0 Å². The highest BCUT2D eigenvalue weighted by Crippen LogP contribution is 1.99. The molecule has 0 rings (SSSR count). The summed E-state index contributed by atoms with van der Waals surface area (Å²) < 4.78 is 0. The SMILES string of the molecule is C=CC(=O)NCCCCCC(=O)N[C](C)O. The Bertz CT molecular complexity index is 239. The van der Waals surface area contributed by atoms with E-state index in [1.54, 1.807) is 0 Å². The summed E-state index contributed by atoms with van der Waals surface area (Å²) in [6, 6.07) is 0. The Balaban J connectivity index is 3.30. The highest BCUT2D eigenvalue weighted by Gasteiger charge is 2.04. The van der Waals surface area contributed by atoms with Crippen LogP contribution in [0.5, 0.6) is 0 Å². The first-order valence-corrected chi connectivity index (χ1v) is 5.29. The summed E-state index contributed by atoms with van der Waals surface area (Å²) in [5.74, 6) is -0.363. The molecule has 3 N–H and O–H groups in total. The molecule has 0 saturated heterocycles. The van der Waals surface area contributed by atoms with Crippen molar-refractivity contribution in [2.75, 3.05) is 6.54 Å². The number of nitrogens with one attached hydrogen (secondary N) is 2. The third-order valence-corrected chi connectivity index (χ3v) is 1.89. The van der Waals surface area contributed by atoms with E-state index >= 15 is 0 Å². The van der Waals surface area contributed by atoms with Crippen molar-refractivity contribution in [2.24, 2.45) is 0 Å². The second-order valence-corrected chi connectivity index (χ2v) is 3.44. The molecule has 0 aliphatic carbocycles. The summed E-state index contributed by atoms with van der Waals surface area (Å²) in [6.07, 6.45) is 3.96. The van der Waals surface area contributed by atoms with Gasteiger partial charge in [-0.2, -0.15) is 0 Å². The molecule has 0 aliphatic heterocycles. The van der Waals surface area contributed by atoms with Crippen molar-refractivity contribution in [2.45, 2.75) is 32.6 Å². The predicted molar refractivity (Wildman–Crippen MR) is 60.7 cm³/mol. The number of aliphatic hydroxyl groups excluding tert-OH is 1. The van der Waals surface area contributed by atoms with Gasteiger partial charge in [-0.3, -0.25) is 9.59 Å². The van der Waals surface area contributed by atoms with Crippen molar-refractivity contribution in [3.63, 3.8) is 0 Å². The van der Waals surface area contributed by atoms with Gasteiger partial charge < -0.3 is 15.7 Å². The lowest BCUT2D eigenvalue weighted by atomic mass is 10.2. The number of hydrogen-bond acceptors (Lipinski definition) is 3. The molecule has 0 aromatic carbocycles. The molecule has 0 spiro atoms. The van der Waals surface area contributed by atoms with Crippen LogP contribution in [0.3, 0.4) is 0 Å². The second-order valence-electron chi connectivity index (χ2n) is 3.44. The molecule has 16 heavy (non-hydrogen) atoms. The third kappa shape index (κ3) is 9.21. The molecule has 0 saturated carbocycles. The zero-order valence-corrected chi connectivity index (χ0v) is 9.58. The molecule has 5 heteroatoms. The highest BCUT2D eigenvalue weighted by molar-refractivity contribution is 5.86. The Labute approximate surface area is 95.9 Å². The summed E-state index contributed by atoms with van der Waals surface area (Å²) in [5, 5.41) is 13.7. The molecule has 0 unspecified atom stereocenters. The van der Waals surface area contributed by atoms with Crippen LogP contribution >= 0.6 is 0 Å². The average Bonchev–Trinajstić information content (AvgIpc) is 2.21. The van der Waals surface area contributed by atoms with Crippen molar-refractivity contribution in [3.8, 4) is 0 Å². The molecule has 2 amide bonds. The molecule has 0 bridgehead atoms. The minimum atomic E-state index is -0.185. The molecule has 1 radical (unpaired) electrons. The number of amides is 2. The Morgan fingerprint density at radius 2 is 2.00 bits per heavy atom. The van der Waals surface area contributed by atoms with Crippen LogP contribution in [0.2, 0.25) is 0 Å². The van der Waals surface area contributed by atoms with Crippen LogP contribution in [0.1, 0.15) is 32.6 Å². The van der Waals surface area contributed by atoms with Gasteiger partial charge in [0.15, 0.2) is 6.23 Å². The van der Waals surface area contributed by atoms with Gasteiger partial charge in [0.1, 0.15) is 0 Å². The van der Waals surface area contributed by atoms with Crippen LogP contribution in [0.4, 0.5) is 0 Å². The maximum Gasteiger partial charge on any atom is 0.243 e. The Morgan fingerprint density at radius 3 is 2.56 bits per heavy atom. The van der Waals surface area contributed by atoms with Crippen molar-refractivity contribution < 1.29 is 14.7 Å². The van der Waals surface area contributed by atoms with Gasteiger partial charge in [-0.25, -0.2) is 0 Å². The van der Waals surface area contributed by atoms with Crippen molar-refractivity contribution in [3.05, 3.63) is 18.9 Å². The van der Waals surface area contributed by atoms with E-state index in [0.717, 1.165) is 19.3 Å². The van der Waals surface area contributed by atoms with Gasteiger partial charge in [0.2, 0.25) is 11.8 Å². The monoisotopic (exact) mass is 227 g/mol. The summed E-state index contributed by atoms with van der Waals surface area (Å²) in [4.78, 5) is 21.8. The number of carbonyl (C=O) groups is 2. The first-order valence-electron chi connectivity index (χ1n) is 5.29. The zero-order chi connectivity index (χ0) is 12.4. The number of rotatable bonds is 8. The second kappa shape index (κ2) is 8.91. The van der Waals surface area contributed by atoms with E-state index in [-0.39, 0.29) is 18.0 Å². The fourth-order valence-electron chi connectivity index (χ4n) is 1.14. The molecule has 0 aliphatic rings. The van der Waals surface area contributed by atoms with Gasteiger partial charge in [0, 0.05) is 13.0 Å². The molecule has 0 fully saturated rings. The van der Waals surface area contributed by atoms with Gasteiger partial charge in [0.25, 0.3) is 0 Å². The molecular formula is C11H19N2O3. The lowest BCUT2D eigenvalue weighted by Crippen LogP contribution is -2.26. The molecule has 0 heterocycles. The fourth-order valence-corrected chi connectivity index (χ4v) is 1.14. The molecule has 5 nitrogen and oxygen atoms in total. The Kier molecular flexibility index (Phi) is 8.15. The largest absolute Gasteiger partial charge is 0.367 e. The quantitative estimate of drug-likeness (QED) is 0.425. The molecule has 91 valence electrons. The van der Waals surface area contributed by atoms with Crippen LogP contribution < -0.4 is 10.6 Å². The van der Waals surface area contributed by atoms with Crippen LogP contribution in [-0.2, 0) is 9.59 Å². The summed E-state index contributed by atoms with van der Waals surface area (Å²) >= 11 is 0. The number of hydrogen-bond donors (Lipinski definition) is 3. The topological polar surface area (TPSA) is 78.4 Å². The van der Waals surface area contributed by atoms with Crippen LogP contribution in [0.25, 0.3) is 0 Å². The maximum atomic E-state index is 11.1. The number of unbranched alkanes of at least 4 members (excludes halogenated alkanes) is 2. The lowest BCUT2D eigenvalue weighted by molar-refractivity contribution is -0.122. The fraction of sp³-hybridized carbons (Fsp3) is 0.545. The molecular weight excluding hydrogens is 208 g/mol. The number of aliphatic hydroxyl groups is 1. The summed E-state index contributed by atoms with van der Waals surface area (Å²) in [5.41, 5.74) is 0. The number of carbonyl (C=O) groups excluding carboxylic acids is 2. The normalized spacial score (nSPS) is 9.94. The zero-order valence-electron chi connectivity index (χ0n) is 9.58. The maximum absolute atomic E-state index is 11.1. The minimum Gasteiger partial charge on any atom is -0.367 e. The van der Waals surface area contributed by atoms with E-state index in [0.29, 0.717) is 13.0 Å². The smallest absolute Gasteiger partial charge is 0.243 e. The standard InChI is InChI=1S/C11H19N2O3/c1-3-10(15)12-8-6-4-5-7-11(16)13-9(2)14/h3,14H,1,4-8H2,2H3,(H,12,15)(H,13,16). The first kappa shape index (κ1) is 14.6. The van der Waals surface area contributed by atoms with Gasteiger partial charge in [-0.05, 0) is 25.8 Å². The van der Waals surface area contributed by atoms with E-state index in [1.807, 2.05) is 0 Å². The van der Waals surface area contributed by atoms with E-state index in [9.17, 15) is 9.59 Å². The van der Waals surface area contributed by atoms with Crippen LogP contribution in [0.15, 0.2) is 12.7 Å². The molecule has 0 aromatic heterocycles. The Hall–Kier alpha value is -1.36. The van der Waals surface area contributed by atoms with E-state index in [4.69, 9.17) is 5.11 Å². The molecule has 0 aromatic rings. The van der Waals surface area contributed by atoms with Crippen molar-refractivity contribution in [1.29, 1.82) is 0 Å². The van der Waals surface area contributed by atoms with Crippen molar-refractivity contribution in [1.82, 2.24) is 10.6 Å². The van der Waals surface area contributed by atoms with Crippen LogP contribution in [0, 0.1) is 6.23 Å². The summed E-state index contributed by atoms with van der Waals surface area (Å²) in [6.45, 7) is 5.35. The van der Waals surface area contributed by atoms with Gasteiger partial charge in [0.05, 0.1) is 0 Å². The summed E-state index contributed by atoms with van der Waals surface area (Å²) in [7, 11) is 0. The van der Waals surface area contributed by atoms with E-state index < -0.39 is 0 Å². The lowest BCUT2D eigenvalue weighted by Gasteiger charge is -2.06. The minimum absolute atomic E-state index is 0.0803. The van der Waals surface area contributed by atoms with Gasteiger partial charge in [-0.15, -0.1) is 0 Å². The Morgan fingerprint density at radius 1 is 1.31 bits per heavy atom. The van der Waals surface area contributed by atoms with E-state index in [1.165, 1.54) is 13.0 Å². The highest BCUT2D eigenvalue weighted by atomic mass is 16.3. The predicted octanol–water partition coefficient (Wildman–Crippen LogP) is 0.847. The van der Waals surface area contributed by atoms with Crippen LogP contribution in [-0.4, -0.2) is 23.5 Å².